The van der Waals surface area contributed by atoms with Gasteiger partial charge in [-0.25, -0.2) is 4.98 Å². The average molecular weight is 399 g/mol. The monoisotopic (exact) mass is 398 g/mol. The van der Waals surface area contributed by atoms with Gasteiger partial charge in [-0.15, -0.1) is 0 Å². The first kappa shape index (κ1) is 18.8. The number of benzene rings is 2. The zero-order chi connectivity index (χ0) is 19.5. The van der Waals surface area contributed by atoms with Crippen molar-refractivity contribution in [2.75, 3.05) is 25.0 Å². The van der Waals surface area contributed by atoms with Gasteiger partial charge < -0.3 is 14.6 Å². The molecule has 3 aromatic rings. The number of carbonyl (C=O) groups excluding carboxylic acids is 1. The van der Waals surface area contributed by atoms with Crippen molar-refractivity contribution >= 4 is 34.2 Å². The second-order valence-corrected chi connectivity index (χ2v) is 7.45. The van der Waals surface area contributed by atoms with Crippen molar-refractivity contribution in [2.24, 2.45) is 7.05 Å². The molecule has 0 unspecified atom stereocenters. The fraction of sp³-hybridized carbons (Fsp3) is 0.333. The molecule has 146 valence electrons. The number of anilines is 1. The zero-order valence-electron chi connectivity index (χ0n) is 15.8. The summed E-state index contributed by atoms with van der Waals surface area (Å²) in [5, 5.41) is 3.34. The summed E-state index contributed by atoms with van der Waals surface area (Å²) >= 11 is 6.04. The quantitative estimate of drug-likeness (QED) is 0.685. The second kappa shape index (κ2) is 8.20. The van der Waals surface area contributed by atoms with E-state index in [9.17, 15) is 4.79 Å². The lowest BCUT2D eigenvalue weighted by molar-refractivity contribution is -0.118. The molecule has 0 spiro atoms. The molecule has 2 aromatic carbocycles. The molecule has 1 fully saturated rings. The van der Waals surface area contributed by atoms with Crippen molar-refractivity contribution in [3.05, 3.63) is 53.3 Å². The molecule has 0 atom stereocenters. The largest absolute Gasteiger partial charge is 0.482 e. The molecule has 4 rings (SSSR count). The van der Waals surface area contributed by atoms with E-state index < -0.39 is 0 Å². The average Bonchev–Trinajstić information content (AvgIpc) is 3.30. The fourth-order valence-corrected chi connectivity index (χ4v) is 3.70. The summed E-state index contributed by atoms with van der Waals surface area (Å²) < 4.78 is 7.61. The normalized spacial score (nSPS) is 14.5. The van der Waals surface area contributed by atoms with Crippen LogP contribution >= 0.6 is 11.6 Å². The van der Waals surface area contributed by atoms with Crippen LogP contribution in [0.5, 0.6) is 5.75 Å². The van der Waals surface area contributed by atoms with Crippen molar-refractivity contribution in [2.45, 2.75) is 19.4 Å². The van der Waals surface area contributed by atoms with Crippen LogP contribution in [0.2, 0.25) is 5.02 Å². The Kier molecular flexibility index (Phi) is 5.50. The summed E-state index contributed by atoms with van der Waals surface area (Å²) in [7, 11) is 2.04. The van der Waals surface area contributed by atoms with E-state index in [1.807, 2.05) is 37.4 Å². The number of fused-ring (bicyclic) bond motifs is 1. The van der Waals surface area contributed by atoms with E-state index in [1.54, 1.807) is 12.1 Å². The number of halogens is 1. The Hall–Kier alpha value is -2.57. The van der Waals surface area contributed by atoms with Crippen molar-refractivity contribution in [3.8, 4) is 5.75 Å². The Morgan fingerprint density at radius 3 is 2.79 bits per heavy atom. The van der Waals surface area contributed by atoms with Gasteiger partial charge in [0.15, 0.2) is 6.61 Å². The smallest absolute Gasteiger partial charge is 0.262 e. The number of likely N-dealkylation sites (tertiary alicyclic amines) is 1. The summed E-state index contributed by atoms with van der Waals surface area (Å²) in [6.45, 7) is 3.02. The topological polar surface area (TPSA) is 59.4 Å². The van der Waals surface area contributed by atoms with Gasteiger partial charge in [-0.2, -0.15) is 0 Å². The number of hydrogen-bond acceptors (Lipinski definition) is 4. The summed E-state index contributed by atoms with van der Waals surface area (Å²) in [5.41, 5.74) is 2.63. The molecule has 7 heteroatoms. The van der Waals surface area contributed by atoms with Gasteiger partial charge in [-0.3, -0.25) is 9.69 Å². The number of amides is 1. The van der Waals surface area contributed by atoms with Crippen LogP contribution in [0, 0.1) is 0 Å². The summed E-state index contributed by atoms with van der Waals surface area (Å²) in [6.07, 6.45) is 2.52. The van der Waals surface area contributed by atoms with E-state index in [1.165, 1.54) is 12.8 Å². The molecule has 0 bridgehead atoms. The maximum atomic E-state index is 12.2. The molecule has 28 heavy (non-hydrogen) atoms. The van der Waals surface area contributed by atoms with Gasteiger partial charge in [-0.05, 0) is 56.3 Å². The zero-order valence-corrected chi connectivity index (χ0v) is 16.6. The second-order valence-electron chi connectivity index (χ2n) is 7.04. The van der Waals surface area contributed by atoms with Crippen LogP contribution in [0.3, 0.4) is 0 Å². The highest BCUT2D eigenvalue weighted by atomic mass is 35.5. The summed E-state index contributed by atoms with van der Waals surface area (Å²) in [6, 6.07) is 12.9. The van der Waals surface area contributed by atoms with E-state index in [2.05, 4.69) is 14.8 Å². The minimum Gasteiger partial charge on any atom is -0.482 e. The Morgan fingerprint density at radius 1 is 1.21 bits per heavy atom. The maximum absolute atomic E-state index is 12.2. The van der Waals surface area contributed by atoms with Crippen LogP contribution in [0.4, 0.5) is 5.69 Å². The SMILES string of the molecule is Cn1c(CN2CCCC2)nc2cc(NC(=O)COc3ccccc3Cl)ccc21. The van der Waals surface area contributed by atoms with E-state index in [0.717, 1.165) is 36.5 Å². The van der Waals surface area contributed by atoms with E-state index in [4.69, 9.17) is 21.3 Å². The first-order valence-electron chi connectivity index (χ1n) is 9.45. The highest BCUT2D eigenvalue weighted by Crippen LogP contribution is 2.24. The number of carbonyl (C=O) groups is 1. The molecule has 6 nitrogen and oxygen atoms in total. The van der Waals surface area contributed by atoms with Crippen LogP contribution in [-0.4, -0.2) is 40.1 Å². The molecule has 2 heterocycles. The number of nitrogens with zero attached hydrogens (tertiary/aromatic N) is 3. The highest BCUT2D eigenvalue weighted by Gasteiger charge is 2.16. The molecule has 0 aliphatic carbocycles. The van der Waals surface area contributed by atoms with E-state index >= 15 is 0 Å². The van der Waals surface area contributed by atoms with Gasteiger partial charge in [0.25, 0.3) is 5.91 Å². The molecule has 1 aromatic heterocycles. The lowest BCUT2D eigenvalue weighted by Gasteiger charge is -2.13. The van der Waals surface area contributed by atoms with Crippen LogP contribution in [0.1, 0.15) is 18.7 Å². The molecule has 1 amide bonds. The molecule has 1 saturated heterocycles. The number of imidazole rings is 1. The minimum atomic E-state index is -0.243. The molecule has 0 radical (unpaired) electrons. The summed E-state index contributed by atoms with van der Waals surface area (Å²) in [4.78, 5) is 19.4. The predicted molar refractivity (Wildman–Crippen MR) is 111 cm³/mol. The van der Waals surface area contributed by atoms with E-state index in [0.29, 0.717) is 16.5 Å². The van der Waals surface area contributed by atoms with Gasteiger partial charge in [-0.1, -0.05) is 23.7 Å². The number of para-hydroxylation sites is 1. The lowest BCUT2D eigenvalue weighted by atomic mass is 10.2. The van der Waals surface area contributed by atoms with Crippen molar-refractivity contribution in [1.29, 1.82) is 0 Å². The molecule has 1 aliphatic rings. The lowest BCUT2D eigenvalue weighted by Crippen LogP contribution is -2.20. The van der Waals surface area contributed by atoms with Crippen molar-refractivity contribution in [1.82, 2.24) is 14.5 Å². The molecule has 0 saturated carbocycles. The van der Waals surface area contributed by atoms with Gasteiger partial charge in [0.1, 0.15) is 11.6 Å². The summed E-state index contributed by atoms with van der Waals surface area (Å²) in [5.74, 6) is 1.29. The Bertz CT molecular complexity index is 995. The number of ether oxygens (including phenoxy) is 1. The van der Waals surface area contributed by atoms with Crippen LogP contribution in [-0.2, 0) is 18.4 Å². The maximum Gasteiger partial charge on any atom is 0.262 e. The highest BCUT2D eigenvalue weighted by molar-refractivity contribution is 6.32. The Balaban J connectivity index is 1.42. The minimum absolute atomic E-state index is 0.107. The number of hydrogen-bond donors (Lipinski definition) is 1. The van der Waals surface area contributed by atoms with Crippen LogP contribution in [0.15, 0.2) is 42.5 Å². The number of rotatable bonds is 6. The predicted octanol–water partition coefficient (Wildman–Crippen LogP) is 3.84. The number of nitrogens with one attached hydrogen (secondary N) is 1. The number of aryl methyl sites for hydroxylation is 1. The van der Waals surface area contributed by atoms with Crippen molar-refractivity contribution in [3.63, 3.8) is 0 Å². The molecular weight excluding hydrogens is 376 g/mol. The number of aromatic nitrogens is 2. The van der Waals surface area contributed by atoms with Gasteiger partial charge >= 0.3 is 0 Å². The molecular formula is C21H23ClN4O2. The first-order chi connectivity index (χ1) is 13.6. The Labute approximate surface area is 169 Å². The molecule has 1 aliphatic heterocycles. The molecule has 1 N–H and O–H groups in total. The van der Waals surface area contributed by atoms with Gasteiger partial charge in [0.05, 0.1) is 22.6 Å². The van der Waals surface area contributed by atoms with Gasteiger partial charge in [0, 0.05) is 12.7 Å². The standard InChI is InChI=1S/C21H23ClN4O2/c1-25-18-9-8-15(12-17(18)24-20(25)13-26-10-4-5-11-26)23-21(27)14-28-19-7-3-2-6-16(19)22/h2-3,6-9,12H,4-5,10-11,13-14H2,1H3,(H,23,27). The third kappa shape index (κ3) is 4.13. The fourth-order valence-electron chi connectivity index (χ4n) is 3.51. The van der Waals surface area contributed by atoms with Crippen LogP contribution in [0.25, 0.3) is 11.0 Å². The Morgan fingerprint density at radius 2 is 2.00 bits per heavy atom. The van der Waals surface area contributed by atoms with Crippen LogP contribution < -0.4 is 10.1 Å². The van der Waals surface area contributed by atoms with E-state index in [-0.39, 0.29) is 12.5 Å². The first-order valence-corrected chi connectivity index (χ1v) is 9.83. The van der Waals surface area contributed by atoms with Gasteiger partial charge in [0.2, 0.25) is 0 Å². The third-order valence-corrected chi connectivity index (χ3v) is 5.33. The third-order valence-electron chi connectivity index (χ3n) is 5.02. The van der Waals surface area contributed by atoms with Crippen molar-refractivity contribution < 1.29 is 9.53 Å².